The van der Waals surface area contributed by atoms with Gasteiger partial charge < -0.3 is 4.74 Å². The molecule has 2 aromatic carbocycles. The molecule has 3 rings (SSSR count). The van der Waals surface area contributed by atoms with Gasteiger partial charge in [-0.25, -0.2) is 4.79 Å². The van der Waals surface area contributed by atoms with Crippen LogP contribution in [0.4, 0.5) is 0 Å². The van der Waals surface area contributed by atoms with Crippen molar-refractivity contribution in [2.45, 2.75) is 26.2 Å². The zero-order chi connectivity index (χ0) is 19.1. The Morgan fingerprint density at radius 2 is 1.85 bits per heavy atom. The molecule has 27 heavy (non-hydrogen) atoms. The Balaban J connectivity index is 1.63. The summed E-state index contributed by atoms with van der Waals surface area (Å²) in [6, 6.07) is 14.2. The van der Waals surface area contributed by atoms with Crippen molar-refractivity contribution in [2.75, 3.05) is 6.61 Å². The molecule has 0 bridgehead atoms. The normalized spacial score (nSPS) is 10.6. The summed E-state index contributed by atoms with van der Waals surface area (Å²) in [6.07, 6.45) is 4.62. The monoisotopic (exact) mass is 364 g/mol. The SMILES string of the molecule is CCCCc1ccc(C(=O)COC(=O)c2ccccc2-n2cnnn2)cc1. The number of aromatic nitrogens is 4. The van der Waals surface area contributed by atoms with Gasteiger partial charge in [-0.05, 0) is 41.0 Å². The molecule has 0 saturated heterocycles. The van der Waals surface area contributed by atoms with E-state index in [2.05, 4.69) is 22.4 Å². The summed E-state index contributed by atoms with van der Waals surface area (Å²) in [6.45, 7) is 1.82. The maximum Gasteiger partial charge on any atom is 0.340 e. The van der Waals surface area contributed by atoms with E-state index < -0.39 is 5.97 Å². The van der Waals surface area contributed by atoms with E-state index in [0.717, 1.165) is 19.3 Å². The number of carbonyl (C=O) groups is 2. The highest BCUT2D eigenvalue weighted by molar-refractivity contribution is 6.00. The first-order chi connectivity index (χ1) is 13.2. The van der Waals surface area contributed by atoms with E-state index in [4.69, 9.17) is 4.74 Å². The quantitative estimate of drug-likeness (QED) is 0.451. The van der Waals surface area contributed by atoms with Gasteiger partial charge in [-0.2, -0.15) is 4.68 Å². The summed E-state index contributed by atoms with van der Waals surface area (Å²) in [7, 11) is 0. The number of esters is 1. The molecular formula is C20H20N4O3. The number of para-hydroxylation sites is 1. The van der Waals surface area contributed by atoms with E-state index in [-0.39, 0.29) is 18.0 Å². The summed E-state index contributed by atoms with van der Waals surface area (Å²) < 4.78 is 6.58. The Morgan fingerprint density at radius 3 is 2.56 bits per heavy atom. The molecule has 0 saturated carbocycles. The van der Waals surface area contributed by atoms with Crippen LogP contribution in [0.15, 0.2) is 54.9 Å². The van der Waals surface area contributed by atoms with Crippen molar-refractivity contribution in [3.8, 4) is 5.69 Å². The average Bonchev–Trinajstić information content (AvgIpc) is 3.25. The number of hydrogen-bond donors (Lipinski definition) is 0. The van der Waals surface area contributed by atoms with Crippen molar-refractivity contribution in [3.05, 3.63) is 71.5 Å². The summed E-state index contributed by atoms with van der Waals surface area (Å²) in [5, 5.41) is 10.9. The number of ether oxygens (including phenoxy) is 1. The molecule has 0 aliphatic rings. The van der Waals surface area contributed by atoms with Crippen molar-refractivity contribution >= 4 is 11.8 Å². The molecule has 0 amide bonds. The highest BCUT2D eigenvalue weighted by atomic mass is 16.5. The fraction of sp³-hybridized carbons (Fsp3) is 0.250. The van der Waals surface area contributed by atoms with Gasteiger partial charge in [-0.3, -0.25) is 4.79 Å². The van der Waals surface area contributed by atoms with Crippen LogP contribution in [-0.4, -0.2) is 38.6 Å². The number of rotatable bonds is 8. The molecule has 1 aromatic heterocycles. The lowest BCUT2D eigenvalue weighted by Crippen LogP contribution is -2.16. The number of hydrogen-bond acceptors (Lipinski definition) is 6. The summed E-state index contributed by atoms with van der Waals surface area (Å²) >= 11 is 0. The fourth-order valence-corrected chi connectivity index (χ4v) is 2.65. The molecule has 0 atom stereocenters. The van der Waals surface area contributed by atoms with Crippen molar-refractivity contribution in [1.82, 2.24) is 20.2 Å². The van der Waals surface area contributed by atoms with Crippen LogP contribution in [0.3, 0.4) is 0 Å². The van der Waals surface area contributed by atoms with Crippen LogP contribution in [0, 0.1) is 0 Å². The van der Waals surface area contributed by atoms with E-state index in [9.17, 15) is 9.59 Å². The number of nitrogens with zero attached hydrogens (tertiary/aromatic N) is 4. The Hall–Kier alpha value is -3.35. The minimum atomic E-state index is -0.603. The number of Topliss-reactive ketones (excluding diaryl/α,β-unsaturated/α-hetero) is 1. The minimum absolute atomic E-state index is 0.245. The molecular weight excluding hydrogens is 344 g/mol. The molecule has 3 aromatic rings. The topological polar surface area (TPSA) is 87.0 Å². The third kappa shape index (κ3) is 4.63. The lowest BCUT2D eigenvalue weighted by Gasteiger charge is -2.09. The van der Waals surface area contributed by atoms with Crippen LogP contribution in [0.25, 0.3) is 5.69 Å². The first-order valence-corrected chi connectivity index (χ1v) is 8.80. The van der Waals surface area contributed by atoms with Crippen LogP contribution < -0.4 is 0 Å². The fourth-order valence-electron chi connectivity index (χ4n) is 2.65. The van der Waals surface area contributed by atoms with Crippen LogP contribution >= 0.6 is 0 Å². The lowest BCUT2D eigenvalue weighted by molar-refractivity contribution is 0.0474. The standard InChI is InChI=1S/C20H20N4O3/c1-2-3-6-15-9-11-16(12-10-15)19(25)13-27-20(26)17-7-4-5-8-18(17)24-14-21-22-23-24/h4-5,7-12,14H,2-3,6,13H2,1H3. The second-order valence-corrected chi connectivity index (χ2v) is 6.07. The number of tetrazole rings is 1. The Labute approximate surface area is 157 Å². The second-order valence-electron chi connectivity index (χ2n) is 6.07. The first kappa shape index (κ1) is 18.4. The molecule has 0 aliphatic carbocycles. The Bertz CT molecular complexity index is 905. The molecule has 138 valence electrons. The van der Waals surface area contributed by atoms with Gasteiger partial charge in [-0.1, -0.05) is 49.7 Å². The molecule has 7 nitrogen and oxygen atoms in total. The molecule has 0 aliphatic heterocycles. The van der Waals surface area contributed by atoms with Gasteiger partial charge in [0.2, 0.25) is 0 Å². The van der Waals surface area contributed by atoms with Crippen LogP contribution in [0.1, 0.15) is 46.0 Å². The van der Waals surface area contributed by atoms with E-state index in [1.807, 2.05) is 12.1 Å². The highest BCUT2D eigenvalue weighted by Crippen LogP contribution is 2.14. The Morgan fingerprint density at radius 1 is 1.07 bits per heavy atom. The van der Waals surface area contributed by atoms with Gasteiger partial charge >= 0.3 is 5.97 Å². The third-order valence-corrected chi connectivity index (χ3v) is 4.15. The van der Waals surface area contributed by atoms with Crippen LogP contribution in [0.5, 0.6) is 0 Å². The van der Waals surface area contributed by atoms with E-state index in [1.54, 1.807) is 36.4 Å². The number of benzene rings is 2. The number of aryl methyl sites for hydroxylation is 1. The van der Waals surface area contributed by atoms with Gasteiger partial charge in [0.25, 0.3) is 0 Å². The van der Waals surface area contributed by atoms with E-state index >= 15 is 0 Å². The van der Waals surface area contributed by atoms with Crippen LogP contribution in [-0.2, 0) is 11.2 Å². The third-order valence-electron chi connectivity index (χ3n) is 4.15. The summed E-state index contributed by atoms with van der Waals surface area (Å²) in [4.78, 5) is 24.7. The number of carbonyl (C=O) groups excluding carboxylic acids is 2. The van der Waals surface area contributed by atoms with Crippen molar-refractivity contribution in [1.29, 1.82) is 0 Å². The highest BCUT2D eigenvalue weighted by Gasteiger charge is 2.16. The van der Waals surface area contributed by atoms with E-state index in [1.165, 1.54) is 16.6 Å². The first-order valence-electron chi connectivity index (χ1n) is 8.80. The van der Waals surface area contributed by atoms with Gasteiger partial charge in [0.05, 0.1) is 11.3 Å². The lowest BCUT2D eigenvalue weighted by atomic mass is 10.0. The smallest absolute Gasteiger partial charge is 0.340 e. The Kier molecular flexibility index (Phi) is 6.04. The predicted octanol–water partition coefficient (Wildman–Crippen LogP) is 3.04. The minimum Gasteiger partial charge on any atom is -0.454 e. The molecule has 0 unspecified atom stereocenters. The average molecular weight is 364 g/mol. The largest absolute Gasteiger partial charge is 0.454 e. The zero-order valence-corrected chi connectivity index (χ0v) is 15.0. The van der Waals surface area contributed by atoms with Gasteiger partial charge in [-0.15, -0.1) is 5.10 Å². The van der Waals surface area contributed by atoms with Gasteiger partial charge in [0.1, 0.15) is 6.33 Å². The number of unbranched alkanes of at least 4 members (excludes halogenated alkanes) is 1. The predicted molar refractivity (Wildman–Crippen MR) is 98.8 cm³/mol. The van der Waals surface area contributed by atoms with Gasteiger partial charge in [0, 0.05) is 5.56 Å². The molecule has 7 heteroatoms. The van der Waals surface area contributed by atoms with Crippen molar-refractivity contribution < 1.29 is 14.3 Å². The van der Waals surface area contributed by atoms with Crippen molar-refractivity contribution in [3.63, 3.8) is 0 Å². The molecule has 0 fully saturated rings. The molecule has 0 N–H and O–H groups in total. The number of ketones is 1. The maximum atomic E-state index is 12.4. The van der Waals surface area contributed by atoms with Crippen molar-refractivity contribution in [2.24, 2.45) is 0 Å². The summed E-state index contributed by atoms with van der Waals surface area (Å²) in [5.74, 6) is -0.848. The molecule has 0 spiro atoms. The second kappa shape index (κ2) is 8.84. The molecule has 1 heterocycles. The zero-order valence-electron chi connectivity index (χ0n) is 15.0. The van der Waals surface area contributed by atoms with Crippen LogP contribution in [0.2, 0.25) is 0 Å². The van der Waals surface area contributed by atoms with Gasteiger partial charge in [0.15, 0.2) is 12.4 Å². The van der Waals surface area contributed by atoms with E-state index in [0.29, 0.717) is 11.3 Å². The maximum absolute atomic E-state index is 12.4. The summed E-state index contributed by atoms with van der Waals surface area (Å²) in [5.41, 5.74) is 2.49. The molecule has 0 radical (unpaired) electrons.